The van der Waals surface area contributed by atoms with Gasteiger partial charge in [0.15, 0.2) is 0 Å². The molecule has 0 bridgehead atoms. The van der Waals surface area contributed by atoms with Gasteiger partial charge < -0.3 is 13.9 Å². The highest BCUT2D eigenvalue weighted by molar-refractivity contribution is 5.87. The van der Waals surface area contributed by atoms with E-state index in [0.717, 1.165) is 6.07 Å². The van der Waals surface area contributed by atoms with E-state index in [1.807, 2.05) is 0 Å². The van der Waals surface area contributed by atoms with Crippen LogP contribution in [0.1, 0.15) is 46.6 Å². The van der Waals surface area contributed by atoms with Gasteiger partial charge in [0.25, 0.3) is 0 Å². The largest absolute Gasteiger partial charge is 0.488 e. The van der Waals surface area contributed by atoms with E-state index in [0.29, 0.717) is 11.0 Å². The molecule has 1 aromatic heterocycles. The summed E-state index contributed by atoms with van der Waals surface area (Å²) < 4.78 is 58.8. The van der Waals surface area contributed by atoms with Gasteiger partial charge >= 0.3 is 12.1 Å². The number of benzene rings is 2. The summed E-state index contributed by atoms with van der Waals surface area (Å²) in [5, 5.41) is 0.716. The second-order valence-electron chi connectivity index (χ2n) is 9.32. The van der Waals surface area contributed by atoms with Gasteiger partial charge in [0.05, 0.1) is 5.56 Å². The van der Waals surface area contributed by atoms with Crippen molar-refractivity contribution in [2.24, 2.45) is 0 Å². The zero-order chi connectivity index (χ0) is 24.6. The van der Waals surface area contributed by atoms with E-state index < -0.39 is 28.9 Å². The molecule has 0 saturated carbocycles. The van der Waals surface area contributed by atoms with Crippen molar-refractivity contribution < 1.29 is 31.9 Å². The van der Waals surface area contributed by atoms with Crippen molar-refractivity contribution in [1.29, 1.82) is 0 Å². The van der Waals surface area contributed by atoms with Gasteiger partial charge in [-0.15, -0.1) is 0 Å². The van der Waals surface area contributed by atoms with Crippen LogP contribution in [0.4, 0.5) is 13.2 Å². The first-order valence-corrected chi connectivity index (χ1v) is 10.4. The van der Waals surface area contributed by atoms with Crippen molar-refractivity contribution in [2.75, 3.05) is 0 Å². The molecule has 3 aromatic rings. The normalized spacial score (nSPS) is 12.6. The van der Waals surface area contributed by atoms with Crippen LogP contribution in [0, 0.1) is 0 Å². The smallest absolute Gasteiger partial charge is 0.417 e. The molecule has 176 valence electrons. The van der Waals surface area contributed by atoms with E-state index in [4.69, 9.17) is 13.9 Å². The second-order valence-corrected chi connectivity index (χ2v) is 9.32. The number of hydrogen-bond acceptors (Lipinski definition) is 4. The lowest BCUT2D eigenvalue weighted by atomic mass is 9.91. The molecule has 2 aromatic carbocycles. The SMILES string of the molecule is C=C(C)C(=O)OC(C)(C)CC(C)(C)Oc1ccc(-c2cc3ccccc3o2)c(C(F)(F)F)c1. The molecule has 0 fully saturated rings. The fourth-order valence-corrected chi connectivity index (χ4v) is 3.91. The number of ether oxygens (including phenoxy) is 2. The molecule has 7 heteroatoms. The Morgan fingerprint density at radius 2 is 1.67 bits per heavy atom. The monoisotopic (exact) mass is 460 g/mol. The van der Waals surface area contributed by atoms with E-state index in [1.165, 1.54) is 12.1 Å². The Bertz CT molecular complexity index is 1150. The number of rotatable bonds is 7. The lowest BCUT2D eigenvalue weighted by molar-refractivity contribution is -0.155. The molecule has 33 heavy (non-hydrogen) atoms. The molecule has 0 radical (unpaired) electrons. The van der Waals surface area contributed by atoms with Gasteiger partial charge in [0, 0.05) is 22.9 Å². The molecule has 0 aliphatic heterocycles. The van der Waals surface area contributed by atoms with Gasteiger partial charge in [-0.3, -0.25) is 0 Å². The maximum atomic E-state index is 13.9. The van der Waals surface area contributed by atoms with Crippen LogP contribution in [0.5, 0.6) is 5.75 Å². The number of furan rings is 1. The summed E-state index contributed by atoms with van der Waals surface area (Å²) in [5.74, 6) is -0.360. The van der Waals surface area contributed by atoms with Gasteiger partial charge in [-0.2, -0.15) is 13.2 Å². The van der Waals surface area contributed by atoms with Crippen LogP contribution in [-0.2, 0) is 15.7 Å². The fraction of sp³-hybridized carbons (Fsp3) is 0.346. The van der Waals surface area contributed by atoms with Crippen molar-refractivity contribution in [3.63, 3.8) is 0 Å². The molecule has 0 amide bonds. The van der Waals surface area contributed by atoms with Crippen molar-refractivity contribution in [3.05, 3.63) is 66.2 Å². The number of carbonyl (C=O) groups excluding carboxylic acids is 1. The third kappa shape index (κ3) is 5.97. The Balaban J connectivity index is 1.89. The first kappa shape index (κ1) is 24.4. The Labute approximate surface area is 191 Å². The molecule has 1 heterocycles. The van der Waals surface area contributed by atoms with Gasteiger partial charge in [0.2, 0.25) is 0 Å². The van der Waals surface area contributed by atoms with Crippen molar-refractivity contribution in [1.82, 2.24) is 0 Å². The molecule has 0 saturated heterocycles. The number of carbonyl (C=O) groups is 1. The Kier molecular flexibility index (Phi) is 6.37. The summed E-state index contributed by atoms with van der Waals surface area (Å²) in [6.45, 7) is 12.0. The number of alkyl halides is 3. The topological polar surface area (TPSA) is 48.7 Å². The molecule has 0 N–H and O–H groups in total. The van der Waals surface area contributed by atoms with Crippen LogP contribution in [0.15, 0.2) is 65.1 Å². The third-order valence-electron chi connectivity index (χ3n) is 4.95. The van der Waals surface area contributed by atoms with Crippen LogP contribution in [0.2, 0.25) is 0 Å². The molecule has 0 aliphatic carbocycles. The minimum atomic E-state index is -4.62. The number of fused-ring (bicyclic) bond motifs is 1. The predicted molar refractivity (Wildman–Crippen MR) is 121 cm³/mol. The molecule has 3 rings (SSSR count). The lowest BCUT2D eigenvalue weighted by Gasteiger charge is -2.35. The Morgan fingerprint density at radius 1 is 1.00 bits per heavy atom. The second kappa shape index (κ2) is 8.61. The van der Waals surface area contributed by atoms with Crippen molar-refractivity contribution >= 4 is 16.9 Å². The van der Waals surface area contributed by atoms with Gasteiger partial charge in [0.1, 0.15) is 28.3 Å². The van der Waals surface area contributed by atoms with E-state index in [2.05, 4.69) is 6.58 Å². The van der Waals surface area contributed by atoms with E-state index in [1.54, 1.807) is 65.0 Å². The van der Waals surface area contributed by atoms with E-state index in [-0.39, 0.29) is 29.1 Å². The van der Waals surface area contributed by atoms with E-state index in [9.17, 15) is 18.0 Å². The fourth-order valence-electron chi connectivity index (χ4n) is 3.91. The minimum absolute atomic E-state index is 0.0502. The van der Waals surface area contributed by atoms with Gasteiger partial charge in [-0.05, 0) is 65.0 Å². The van der Waals surface area contributed by atoms with Crippen LogP contribution in [-0.4, -0.2) is 17.2 Å². The summed E-state index contributed by atoms with van der Waals surface area (Å²) in [7, 11) is 0. The number of esters is 1. The molecule has 0 aliphatic rings. The lowest BCUT2D eigenvalue weighted by Crippen LogP contribution is -2.40. The highest BCUT2D eigenvalue weighted by Gasteiger charge is 2.37. The number of halogens is 3. The summed E-state index contributed by atoms with van der Waals surface area (Å²) in [5.41, 5.74) is -2.00. The first-order chi connectivity index (χ1) is 15.2. The maximum absolute atomic E-state index is 13.9. The highest BCUT2D eigenvalue weighted by Crippen LogP contribution is 2.41. The van der Waals surface area contributed by atoms with Crippen LogP contribution >= 0.6 is 0 Å². The quantitative estimate of drug-likeness (QED) is 0.270. The maximum Gasteiger partial charge on any atom is 0.417 e. The molecule has 0 unspecified atom stereocenters. The standard InChI is InChI=1S/C26H27F3O4/c1-16(2)23(30)33-25(5,6)15-24(3,4)32-18-11-12-19(20(14-18)26(27,28)29)22-13-17-9-7-8-10-21(17)31-22/h7-14H,1,15H2,2-6H3. The molecular weight excluding hydrogens is 433 g/mol. The average molecular weight is 460 g/mol. The van der Waals surface area contributed by atoms with Gasteiger partial charge in [-0.1, -0.05) is 24.8 Å². The Morgan fingerprint density at radius 3 is 2.27 bits per heavy atom. The highest BCUT2D eigenvalue weighted by atomic mass is 19.4. The van der Waals surface area contributed by atoms with Crippen LogP contribution in [0.25, 0.3) is 22.3 Å². The van der Waals surface area contributed by atoms with Crippen LogP contribution < -0.4 is 4.74 Å². The first-order valence-electron chi connectivity index (χ1n) is 10.4. The van der Waals surface area contributed by atoms with Crippen LogP contribution in [0.3, 0.4) is 0 Å². The van der Waals surface area contributed by atoms with Gasteiger partial charge in [-0.25, -0.2) is 4.79 Å². The summed E-state index contributed by atoms with van der Waals surface area (Å²) >= 11 is 0. The molecule has 0 spiro atoms. The molecule has 0 atom stereocenters. The summed E-state index contributed by atoms with van der Waals surface area (Å²) in [6, 6.07) is 12.4. The number of hydrogen-bond donors (Lipinski definition) is 0. The van der Waals surface area contributed by atoms with Crippen molar-refractivity contribution in [3.8, 4) is 17.1 Å². The summed E-state index contributed by atoms with van der Waals surface area (Å²) in [4.78, 5) is 11.9. The van der Waals surface area contributed by atoms with E-state index >= 15 is 0 Å². The predicted octanol–water partition coefficient (Wildman–Crippen LogP) is 7.56. The van der Waals surface area contributed by atoms with Crippen molar-refractivity contribution in [2.45, 2.75) is 58.4 Å². The zero-order valence-electron chi connectivity index (χ0n) is 19.3. The summed E-state index contributed by atoms with van der Waals surface area (Å²) in [6.07, 6.45) is -4.38. The Hall–Kier alpha value is -3.22. The average Bonchev–Trinajstić information content (AvgIpc) is 3.09. The number of para-hydroxylation sites is 1. The molecule has 4 nitrogen and oxygen atoms in total. The third-order valence-corrected chi connectivity index (χ3v) is 4.95. The zero-order valence-corrected chi connectivity index (χ0v) is 19.3. The molecular formula is C26H27F3O4. The minimum Gasteiger partial charge on any atom is -0.488 e.